The highest BCUT2D eigenvalue weighted by atomic mass is 35.5. The van der Waals surface area contributed by atoms with Crippen LogP contribution in [0.3, 0.4) is 0 Å². The maximum absolute atomic E-state index is 12.1. The summed E-state index contributed by atoms with van der Waals surface area (Å²) in [6.07, 6.45) is 7.03. The highest BCUT2D eigenvalue weighted by molar-refractivity contribution is 6.36. The first-order valence-corrected chi connectivity index (χ1v) is 7.91. The molecule has 3 nitrogen and oxygen atoms in total. The highest BCUT2D eigenvalue weighted by Gasteiger charge is 2.26. The van der Waals surface area contributed by atoms with Gasteiger partial charge in [0.25, 0.3) is 0 Å². The number of primary amides is 1. The smallest absolute Gasteiger partial charge is 0.231 e. The van der Waals surface area contributed by atoms with Crippen LogP contribution in [0.1, 0.15) is 29.3 Å². The summed E-state index contributed by atoms with van der Waals surface area (Å²) >= 11 is 12.5. The van der Waals surface area contributed by atoms with E-state index in [9.17, 15) is 4.79 Å². The second-order valence-corrected chi connectivity index (χ2v) is 6.03. The van der Waals surface area contributed by atoms with Gasteiger partial charge in [-0.2, -0.15) is 0 Å². The fraction of sp³-hybridized carbons (Fsp3) is 0.111. The van der Waals surface area contributed by atoms with Crippen molar-refractivity contribution in [2.24, 2.45) is 5.73 Å². The largest absolute Gasteiger partial charge is 0.369 e. The minimum atomic E-state index is -0.790. The molecule has 0 saturated heterocycles. The van der Waals surface area contributed by atoms with E-state index in [1.54, 1.807) is 24.3 Å². The number of rotatable bonds is 4. The lowest BCUT2D eigenvalue weighted by atomic mass is 9.94. The van der Waals surface area contributed by atoms with Crippen molar-refractivity contribution >= 4 is 34.7 Å². The molecule has 1 aromatic carbocycles. The molecule has 0 aliphatic heterocycles. The van der Waals surface area contributed by atoms with Gasteiger partial charge in [0.1, 0.15) is 5.92 Å². The molecule has 5 heteroatoms. The van der Waals surface area contributed by atoms with Crippen molar-refractivity contribution in [1.29, 1.82) is 0 Å². The zero-order chi connectivity index (χ0) is 16.4. The third kappa shape index (κ3) is 3.16. The number of allylic oxidation sites excluding steroid dienone is 4. The molecule has 23 heavy (non-hydrogen) atoms. The number of hydrogen-bond donors (Lipinski definition) is 1. The summed E-state index contributed by atoms with van der Waals surface area (Å²) in [5, 5.41) is 0.793. The Morgan fingerprint density at radius 1 is 1.13 bits per heavy atom. The van der Waals surface area contributed by atoms with Gasteiger partial charge in [-0.1, -0.05) is 53.6 Å². The lowest BCUT2D eigenvalue weighted by molar-refractivity contribution is -0.118. The Balaban J connectivity index is 2.11. The molecule has 0 fully saturated rings. The molecular weight excluding hydrogens is 331 g/mol. The average molecular weight is 345 g/mol. The van der Waals surface area contributed by atoms with Gasteiger partial charge in [-0.15, -0.1) is 0 Å². The van der Waals surface area contributed by atoms with Crippen molar-refractivity contribution in [3.8, 4) is 0 Å². The molecule has 0 spiro atoms. The van der Waals surface area contributed by atoms with Gasteiger partial charge in [-0.05, 0) is 36.3 Å². The number of aromatic nitrogens is 1. The highest BCUT2D eigenvalue weighted by Crippen LogP contribution is 2.35. The van der Waals surface area contributed by atoms with Gasteiger partial charge in [0.2, 0.25) is 5.91 Å². The van der Waals surface area contributed by atoms with E-state index in [1.165, 1.54) is 0 Å². The minimum absolute atomic E-state index is 0.397. The molecule has 2 aromatic rings. The minimum Gasteiger partial charge on any atom is -0.369 e. The van der Waals surface area contributed by atoms with Crippen LogP contribution in [0.5, 0.6) is 0 Å². The standard InChI is InChI=1S/C18H14Cl2N2O/c19-12-7-3-8-13(20)16(12)17(18(21)23)15-10-4-9-14(22-15)11-5-1-2-6-11/h1,3-10,17H,2H2,(H2,21,23). The van der Waals surface area contributed by atoms with Crippen molar-refractivity contribution in [2.75, 3.05) is 0 Å². The van der Waals surface area contributed by atoms with Crippen molar-refractivity contribution in [1.82, 2.24) is 4.98 Å². The first kappa shape index (κ1) is 15.8. The first-order chi connectivity index (χ1) is 11.1. The molecule has 116 valence electrons. The molecule has 0 saturated carbocycles. The van der Waals surface area contributed by atoms with E-state index < -0.39 is 11.8 Å². The van der Waals surface area contributed by atoms with Crippen LogP contribution in [-0.2, 0) is 4.79 Å². The summed E-state index contributed by atoms with van der Waals surface area (Å²) in [5.41, 5.74) is 8.47. The lowest BCUT2D eigenvalue weighted by Gasteiger charge is -2.17. The van der Waals surface area contributed by atoms with Gasteiger partial charge in [-0.25, -0.2) is 0 Å². The molecule has 1 aliphatic rings. The molecule has 0 bridgehead atoms. The molecule has 3 rings (SSSR count). The Morgan fingerprint density at radius 2 is 1.83 bits per heavy atom. The van der Waals surface area contributed by atoms with E-state index in [4.69, 9.17) is 28.9 Å². The predicted octanol–water partition coefficient (Wildman–Crippen LogP) is 4.35. The van der Waals surface area contributed by atoms with Crippen LogP contribution in [0.15, 0.2) is 54.6 Å². The summed E-state index contributed by atoms with van der Waals surface area (Å²) in [6, 6.07) is 10.6. The fourth-order valence-electron chi connectivity index (χ4n) is 2.64. The van der Waals surface area contributed by atoms with Gasteiger partial charge >= 0.3 is 0 Å². The predicted molar refractivity (Wildman–Crippen MR) is 93.5 cm³/mol. The molecule has 1 aliphatic carbocycles. The summed E-state index contributed by atoms with van der Waals surface area (Å²) in [5.74, 6) is -1.33. The van der Waals surface area contributed by atoms with Gasteiger partial charge in [0.15, 0.2) is 0 Å². The quantitative estimate of drug-likeness (QED) is 0.896. The van der Waals surface area contributed by atoms with Crippen LogP contribution in [0, 0.1) is 0 Å². The Morgan fingerprint density at radius 3 is 2.43 bits per heavy atom. The van der Waals surface area contributed by atoms with E-state index >= 15 is 0 Å². The maximum Gasteiger partial charge on any atom is 0.231 e. The van der Waals surface area contributed by atoms with Crippen LogP contribution < -0.4 is 5.73 Å². The first-order valence-electron chi connectivity index (χ1n) is 7.15. The molecule has 1 unspecified atom stereocenters. The molecule has 1 aromatic heterocycles. The van der Waals surface area contributed by atoms with Gasteiger partial charge in [-0.3, -0.25) is 9.78 Å². The molecule has 0 radical (unpaired) electrons. The average Bonchev–Trinajstić information content (AvgIpc) is 3.05. The molecule has 1 atom stereocenters. The molecule has 1 heterocycles. The topological polar surface area (TPSA) is 56.0 Å². The van der Waals surface area contributed by atoms with Crippen molar-refractivity contribution in [3.05, 3.63) is 81.6 Å². The summed E-state index contributed by atoms with van der Waals surface area (Å²) in [4.78, 5) is 16.7. The number of nitrogens with zero attached hydrogens (tertiary/aromatic N) is 1. The number of nitrogens with two attached hydrogens (primary N) is 1. The van der Waals surface area contributed by atoms with Crippen LogP contribution in [0.4, 0.5) is 0 Å². The van der Waals surface area contributed by atoms with Gasteiger partial charge in [0, 0.05) is 15.6 Å². The Hall–Kier alpha value is -2.10. The van der Waals surface area contributed by atoms with E-state index in [0.717, 1.165) is 17.7 Å². The van der Waals surface area contributed by atoms with Crippen LogP contribution in [0.25, 0.3) is 5.57 Å². The number of amides is 1. The van der Waals surface area contributed by atoms with Gasteiger partial charge < -0.3 is 5.73 Å². The Labute approximate surface area is 144 Å². The molecular formula is C18H14Cl2N2O. The molecule has 1 amide bonds. The van der Waals surface area contributed by atoms with E-state index in [2.05, 4.69) is 17.1 Å². The van der Waals surface area contributed by atoms with Crippen molar-refractivity contribution in [3.63, 3.8) is 0 Å². The zero-order valence-electron chi connectivity index (χ0n) is 12.2. The third-order valence-electron chi connectivity index (χ3n) is 3.71. The summed E-state index contributed by atoms with van der Waals surface area (Å²) in [6.45, 7) is 0. The Bertz CT molecular complexity index is 807. The lowest BCUT2D eigenvalue weighted by Crippen LogP contribution is -2.24. The van der Waals surface area contributed by atoms with Crippen molar-refractivity contribution < 1.29 is 4.79 Å². The van der Waals surface area contributed by atoms with Crippen LogP contribution >= 0.6 is 23.2 Å². The number of carbonyl (C=O) groups excluding carboxylic acids is 1. The van der Waals surface area contributed by atoms with E-state index in [1.807, 2.05) is 18.2 Å². The van der Waals surface area contributed by atoms with Crippen LogP contribution in [-0.4, -0.2) is 10.9 Å². The normalized spacial score (nSPS) is 14.6. The maximum atomic E-state index is 12.1. The number of pyridine rings is 1. The second-order valence-electron chi connectivity index (χ2n) is 5.22. The van der Waals surface area contributed by atoms with E-state index in [-0.39, 0.29) is 0 Å². The second kappa shape index (κ2) is 6.57. The molecule has 2 N–H and O–H groups in total. The summed E-state index contributed by atoms with van der Waals surface area (Å²) in [7, 11) is 0. The van der Waals surface area contributed by atoms with Crippen molar-refractivity contribution in [2.45, 2.75) is 12.3 Å². The zero-order valence-corrected chi connectivity index (χ0v) is 13.7. The fourth-order valence-corrected chi connectivity index (χ4v) is 3.26. The Kier molecular flexibility index (Phi) is 4.51. The van der Waals surface area contributed by atoms with E-state index in [0.29, 0.717) is 21.3 Å². The number of hydrogen-bond acceptors (Lipinski definition) is 2. The number of halogens is 2. The third-order valence-corrected chi connectivity index (χ3v) is 4.37. The SMILES string of the molecule is NC(=O)C(c1cccc(C2=CCC=C2)n1)c1c(Cl)cccc1Cl. The number of benzene rings is 1. The van der Waals surface area contributed by atoms with Crippen LogP contribution in [0.2, 0.25) is 10.0 Å². The summed E-state index contributed by atoms with van der Waals surface area (Å²) < 4.78 is 0. The number of carbonyl (C=O) groups is 1. The monoisotopic (exact) mass is 344 g/mol. The van der Waals surface area contributed by atoms with Gasteiger partial charge in [0.05, 0.1) is 11.4 Å².